The van der Waals surface area contributed by atoms with Gasteiger partial charge in [0.05, 0.1) is 17.7 Å². The highest BCUT2D eigenvalue weighted by Crippen LogP contribution is 2.20. The molecule has 1 rings (SSSR count). The second-order valence-corrected chi connectivity index (χ2v) is 3.01. The van der Waals surface area contributed by atoms with Crippen LogP contribution in [0.25, 0.3) is 5.57 Å². The first-order chi connectivity index (χ1) is 6.56. The highest BCUT2D eigenvalue weighted by atomic mass is 35.5. The molecule has 1 aromatic rings. The van der Waals surface area contributed by atoms with Gasteiger partial charge in [-0.25, -0.2) is 9.18 Å². The predicted octanol–water partition coefficient (Wildman–Crippen LogP) is 2.67. The third kappa shape index (κ3) is 2.12. The number of benzene rings is 1. The molecule has 0 radical (unpaired) electrons. The number of carbonyl (C=O) groups excluding carboxylic acids is 1. The molecule has 4 heteroatoms. The molecule has 0 bridgehead atoms. The zero-order valence-electron chi connectivity index (χ0n) is 7.51. The molecule has 0 aliphatic rings. The molecule has 2 nitrogen and oxygen atoms in total. The largest absolute Gasteiger partial charge is 0.465 e. The molecule has 0 unspecified atom stereocenters. The summed E-state index contributed by atoms with van der Waals surface area (Å²) >= 11 is 5.48. The second-order valence-electron chi connectivity index (χ2n) is 2.60. The summed E-state index contributed by atoms with van der Waals surface area (Å²) in [4.78, 5) is 11.0. The Balaban J connectivity index is 3.03. The maximum absolute atomic E-state index is 13.0. The lowest BCUT2D eigenvalue weighted by Crippen LogP contribution is -2.02. The lowest BCUT2D eigenvalue weighted by molar-refractivity contribution is -0.133. The lowest BCUT2D eigenvalue weighted by Gasteiger charge is -2.03. The average molecular weight is 215 g/mol. The first-order valence-electron chi connectivity index (χ1n) is 3.79. The van der Waals surface area contributed by atoms with Gasteiger partial charge in [-0.3, -0.25) is 0 Å². The number of methoxy groups -OCH3 is 1. The molecule has 0 spiro atoms. The van der Waals surface area contributed by atoms with E-state index in [-0.39, 0.29) is 10.6 Å². The number of hydrogen-bond donors (Lipinski definition) is 0. The van der Waals surface area contributed by atoms with Gasteiger partial charge in [0, 0.05) is 0 Å². The van der Waals surface area contributed by atoms with E-state index in [2.05, 4.69) is 11.3 Å². The normalized spacial score (nSPS) is 9.64. The van der Waals surface area contributed by atoms with Crippen molar-refractivity contribution < 1.29 is 13.9 Å². The predicted molar refractivity (Wildman–Crippen MR) is 52.5 cm³/mol. The number of halogens is 2. The molecule has 0 fully saturated rings. The number of hydrogen-bond acceptors (Lipinski definition) is 2. The molecule has 14 heavy (non-hydrogen) atoms. The van der Waals surface area contributed by atoms with Gasteiger partial charge < -0.3 is 4.74 Å². The van der Waals surface area contributed by atoms with E-state index in [1.54, 1.807) is 0 Å². The lowest BCUT2D eigenvalue weighted by atomic mass is 10.1. The van der Waals surface area contributed by atoms with Gasteiger partial charge in [-0.15, -0.1) is 0 Å². The molecule has 0 saturated carbocycles. The van der Waals surface area contributed by atoms with Gasteiger partial charge in [-0.2, -0.15) is 0 Å². The fraction of sp³-hybridized carbons (Fsp3) is 0.100. The molecule has 0 aliphatic heterocycles. The molecule has 0 saturated heterocycles. The summed E-state index contributed by atoms with van der Waals surface area (Å²) in [5, 5.41) is 0.00594. The molecule has 74 valence electrons. The van der Waals surface area contributed by atoms with Gasteiger partial charge in [-0.05, 0) is 17.7 Å². The summed E-state index contributed by atoms with van der Waals surface area (Å²) in [6.07, 6.45) is 0. The van der Waals surface area contributed by atoms with Gasteiger partial charge in [0.2, 0.25) is 0 Å². The minimum Gasteiger partial charge on any atom is -0.465 e. The van der Waals surface area contributed by atoms with Gasteiger partial charge >= 0.3 is 5.97 Å². The van der Waals surface area contributed by atoms with Gasteiger partial charge in [-0.1, -0.05) is 24.2 Å². The summed E-state index contributed by atoms with van der Waals surface area (Å²) in [5.41, 5.74) is 0.460. The Kier molecular flexibility index (Phi) is 3.25. The van der Waals surface area contributed by atoms with Crippen LogP contribution < -0.4 is 0 Å². The zero-order chi connectivity index (χ0) is 10.7. The van der Waals surface area contributed by atoms with E-state index in [0.717, 1.165) is 6.07 Å². The van der Waals surface area contributed by atoms with Crippen molar-refractivity contribution in [2.45, 2.75) is 0 Å². The zero-order valence-corrected chi connectivity index (χ0v) is 8.27. The number of carbonyl (C=O) groups is 1. The maximum atomic E-state index is 13.0. The van der Waals surface area contributed by atoms with Gasteiger partial charge in [0.25, 0.3) is 0 Å². The first kappa shape index (κ1) is 10.7. The highest BCUT2D eigenvalue weighted by molar-refractivity contribution is 6.30. The van der Waals surface area contributed by atoms with Crippen LogP contribution in [0.1, 0.15) is 5.56 Å². The van der Waals surface area contributed by atoms with Crippen LogP contribution in [0.3, 0.4) is 0 Å². The van der Waals surface area contributed by atoms with E-state index in [1.165, 1.54) is 19.2 Å². The molecular formula is C10H8ClFO2. The topological polar surface area (TPSA) is 26.3 Å². The average Bonchev–Trinajstić information content (AvgIpc) is 2.20. The van der Waals surface area contributed by atoms with Crippen molar-refractivity contribution in [1.29, 1.82) is 0 Å². The van der Waals surface area contributed by atoms with Crippen LogP contribution in [-0.4, -0.2) is 13.1 Å². The summed E-state index contributed by atoms with van der Waals surface area (Å²) in [5.74, 6) is -1.18. The Morgan fingerprint density at radius 2 is 2.21 bits per heavy atom. The Hall–Kier alpha value is -1.35. The van der Waals surface area contributed by atoms with Crippen molar-refractivity contribution in [2.75, 3.05) is 7.11 Å². The van der Waals surface area contributed by atoms with Crippen LogP contribution in [0.5, 0.6) is 0 Å². The van der Waals surface area contributed by atoms with Crippen molar-refractivity contribution >= 4 is 23.1 Å². The Morgan fingerprint density at radius 1 is 1.57 bits per heavy atom. The van der Waals surface area contributed by atoms with Crippen LogP contribution >= 0.6 is 11.6 Å². The minimum absolute atomic E-state index is 0.00594. The SMILES string of the molecule is C=C(C(=O)OC)c1ccc(Cl)c(F)c1. The van der Waals surface area contributed by atoms with E-state index in [9.17, 15) is 9.18 Å². The molecule has 0 N–H and O–H groups in total. The fourth-order valence-corrected chi connectivity index (χ4v) is 1.04. The van der Waals surface area contributed by atoms with E-state index in [1.807, 2.05) is 0 Å². The summed E-state index contributed by atoms with van der Waals surface area (Å²) < 4.78 is 17.4. The number of rotatable bonds is 2. The summed E-state index contributed by atoms with van der Waals surface area (Å²) in [7, 11) is 1.24. The van der Waals surface area contributed by atoms with Crippen LogP contribution in [-0.2, 0) is 9.53 Å². The highest BCUT2D eigenvalue weighted by Gasteiger charge is 2.11. The van der Waals surface area contributed by atoms with Crippen LogP contribution in [0.4, 0.5) is 4.39 Å². The molecule has 1 aromatic carbocycles. The van der Waals surface area contributed by atoms with Crippen LogP contribution in [0.15, 0.2) is 24.8 Å². The summed E-state index contributed by atoms with van der Waals surface area (Å²) in [6, 6.07) is 4.01. The van der Waals surface area contributed by atoms with Gasteiger partial charge in [0.15, 0.2) is 0 Å². The van der Waals surface area contributed by atoms with Crippen LogP contribution in [0.2, 0.25) is 5.02 Å². The molecule has 0 aromatic heterocycles. The van der Waals surface area contributed by atoms with Crippen molar-refractivity contribution in [3.63, 3.8) is 0 Å². The maximum Gasteiger partial charge on any atom is 0.337 e. The smallest absolute Gasteiger partial charge is 0.337 e. The van der Waals surface area contributed by atoms with Crippen LogP contribution in [0, 0.1) is 5.82 Å². The monoisotopic (exact) mass is 214 g/mol. The molecule has 0 atom stereocenters. The first-order valence-corrected chi connectivity index (χ1v) is 4.16. The van der Waals surface area contributed by atoms with Crippen molar-refractivity contribution in [2.24, 2.45) is 0 Å². The quantitative estimate of drug-likeness (QED) is 0.559. The summed E-state index contributed by atoms with van der Waals surface area (Å²) in [6.45, 7) is 3.48. The fourth-order valence-electron chi connectivity index (χ4n) is 0.925. The van der Waals surface area contributed by atoms with Crippen molar-refractivity contribution in [3.8, 4) is 0 Å². The third-order valence-corrected chi connectivity index (χ3v) is 2.01. The second kappa shape index (κ2) is 4.24. The Bertz CT molecular complexity index is 388. The van der Waals surface area contributed by atoms with E-state index < -0.39 is 11.8 Å². The Morgan fingerprint density at radius 3 is 2.71 bits per heavy atom. The minimum atomic E-state index is -0.591. The van der Waals surface area contributed by atoms with Crippen molar-refractivity contribution in [1.82, 2.24) is 0 Å². The van der Waals surface area contributed by atoms with E-state index in [0.29, 0.717) is 5.56 Å². The van der Waals surface area contributed by atoms with Crippen molar-refractivity contribution in [3.05, 3.63) is 41.2 Å². The van der Waals surface area contributed by atoms with E-state index >= 15 is 0 Å². The van der Waals surface area contributed by atoms with Gasteiger partial charge in [0.1, 0.15) is 5.82 Å². The third-order valence-electron chi connectivity index (χ3n) is 1.70. The molecule has 0 heterocycles. The Labute approximate surface area is 85.9 Å². The molecule has 0 aliphatic carbocycles. The molecule has 0 amide bonds. The standard InChI is InChI=1S/C10H8ClFO2/c1-6(10(13)14-2)7-3-4-8(11)9(12)5-7/h3-5H,1H2,2H3. The molecular weight excluding hydrogens is 207 g/mol. The number of esters is 1. The number of ether oxygens (including phenoxy) is 1. The van der Waals surface area contributed by atoms with E-state index in [4.69, 9.17) is 11.6 Å².